The first kappa shape index (κ1) is 10.7. The molecule has 3 nitrogen and oxygen atoms in total. The number of ether oxygens (including phenoxy) is 2. The maximum atomic E-state index is 9.34. The van der Waals surface area contributed by atoms with Crippen LogP contribution >= 0.6 is 0 Å². The zero-order valence-corrected chi connectivity index (χ0v) is 8.11. The van der Waals surface area contributed by atoms with E-state index in [4.69, 9.17) is 9.47 Å². The monoisotopic (exact) mass is 186 g/mol. The second-order valence-corrected chi connectivity index (χ2v) is 3.16. The molecule has 1 unspecified atom stereocenters. The third-order valence-corrected chi connectivity index (χ3v) is 1.97. The summed E-state index contributed by atoms with van der Waals surface area (Å²) in [4.78, 5) is 0. The Labute approximate surface area is 79.3 Å². The second kappa shape index (κ2) is 6.13. The van der Waals surface area contributed by atoms with Gasteiger partial charge in [0.1, 0.15) is 0 Å². The zero-order valence-electron chi connectivity index (χ0n) is 8.11. The van der Waals surface area contributed by atoms with E-state index in [0.717, 1.165) is 32.3 Å². The summed E-state index contributed by atoms with van der Waals surface area (Å²) in [7, 11) is 0. The van der Waals surface area contributed by atoms with Gasteiger partial charge in [-0.25, -0.2) is 0 Å². The summed E-state index contributed by atoms with van der Waals surface area (Å²) in [5.74, 6) is 0. The first-order chi connectivity index (χ1) is 6.33. The Hall–Kier alpha value is -0.380. The number of rotatable bonds is 4. The molecule has 1 fully saturated rings. The zero-order chi connectivity index (χ0) is 9.52. The van der Waals surface area contributed by atoms with Crippen molar-refractivity contribution in [3.63, 3.8) is 0 Å². The summed E-state index contributed by atoms with van der Waals surface area (Å²) in [5.41, 5.74) is 0. The number of hydrogen-bond donors (Lipinski definition) is 1. The SMILES string of the molecule is CCC=C[C@@H](O)OC1CCCCO1. The van der Waals surface area contributed by atoms with E-state index in [1.807, 2.05) is 13.0 Å². The first-order valence-electron chi connectivity index (χ1n) is 4.94. The van der Waals surface area contributed by atoms with Crippen molar-refractivity contribution in [2.45, 2.75) is 45.2 Å². The maximum absolute atomic E-state index is 9.34. The van der Waals surface area contributed by atoms with Crippen molar-refractivity contribution in [3.05, 3.63) is 12.2 Å². The molecule has 3 heteroatoms. The average molecular weight is 186 g/mol. The van der Waals surface area contributed by atoms with E-state index in [2.05, 4.69) is 0 Å². The second-order valence-electron chi connectivity index (χ2n) is 3.16. The summed E-state index contributed by atoms with van der Waals surface area (Å²) in [6.45, 7) is 2.76. The highest BCUT2D eigenvalue weighted by Gasteiger charge is 2.16. The summed E-state index contributed by atoms with van der Waals surface area (Å²) in [5, 5.41) is 9.34. The van der Waals surface area contributed by atoms with Gasteiger partial charge in [-0.05, 0) is 31.8 Å². The predicted molar refractivity (Wildman–Crippen MR) is 50.1 cm³/mol. The van der Waals surface area contributed by atoms with Crippen LogP contribution in [0.25, 0.3) is 0 Å². The van der Waals surface area contributed by atoms with E-state index in [9.17, 15) is 5.11 Å². The minimum Gasteiger partial charge on any atom is -0.365 e. The van der Waals surface area contributed by atoms with Gasteiger partial charge in [0.2, 0.25) is 0 Å². The van der Waals surface area contributed by atoms with Crippen LogP contribution in [0.2, 0.25) is 0 Å². The van der Waals surface area contributed by atoms with Crippen molar-refractivity contribution in [3.8, 4) is 0 Å². The van der Waals surface area contributed by atoms with E-state index in [1.54, 1.807) is 6.08 Å². The Balaban J connectivity index is 2.18. The Morgan fingerprint density at radius 3 is 3.08 bits per heavy atom. The van der Waals surface area contributed by atoms with Crippen LogP contribution in [0.1, 0.15) is 32.6 Å². The Kier molecular flexibility index (Phi) is 5.05. The quantitative estimate of drug-likeness (QED) is 0.537. The lowest BCUT2D eigenvalue weighted by molar-refractivity contribution is -0.223. The van der Waals surface area contributed by atoms with Gasteiger partial charge < -0.3 is 14.6 Å². The van der Waals surface area contributed by atoms with Crippen molar-refractivity contribution >= 4 is 0 Å². The van der Waals surface area contributed by atoms with Crippen molar-refractivity contribution in [2.24, 2.45) is 0 Å². The molecule has 0 aromatic rings. The summed E-state index contributed by atoms with van der Waals surface area (Å²) in [6.07, 6.45) is 6.51. The highest BCUT2D eigenvalue weighted by atomic mass is 16.7. The van der Waals surface area contributed by atoms with Gasteiger partial charge >= 0.3 is 0 Å². The van der Waals surface area contributed by atoms with Gasteiger partial charge in [0.15, 0.2) is 12.6 Å². The molecule has 1 N–H and O–H groups in total. The molecule has 1 rings (SSSR count). The number of allylic oxidation sites excluding steroid dienone is 1. The van der Waals surface area contributed by atoms with Crippen LogP contribution in [0.15, 0.2) is 12.2 Å². The van der Waals surface area contributed by atoms with Gasteiger partial charge in [-0.15, -0.1) is 0 Å². The molecule has 76 valence electrons. The molecule has 0 aliphatic carbocycles. The van der Waals surface area contributed by atoms with E-state index in [0.29, 0.717) is 0 Å². The van der Waals surface area contributed by atoms with Gasteiger partial charge in [-0.3, -0.25) is 0 Å². The molecular formula is C10H18O3. The molecule has 0 aromatic heterocycles. The van der Waals surface area contributed by atoms with Gasteiger partial charge in [0.25, 0.3) is 0 Å². The normalized spacial score (nSPS) is 26.5. The Morgan fingerprint density at radius 1 is 1.62 bits per heavy atom. The van der Waals surface area contributed by atoms with Crippen LogP contribution in [-0.4, -0.2) is 24.3 Å². The van der Waals surface area contributed by atoms with E-state index in [1.165, 1.54) is 0 Å². The largest absolute Gasteiger partial charge is 0.365 e. The van der Waals surface area contributed by atoms with Gasteiger partial charge in [-0.1, -0.05) is 13.0 Å². The molecule has 2 atom stereocenters. The number of hydrogen-bond acceptors (Lipinski definition) is 3. The lowest BCUT2D eigenvalue weighted by Crippen LogP contribution is -2.26. The van der Waals surface area contributed by atoms with Crippen LogP contribution in [0, 0.1) is 0 Å². The van der Waals surface area contributed by atoms with Crippen molar-refractivity contribution in [2.75, 3.05) is 6.61 Å². The predicted octanol–water partition coefficient (Wildman–Crippen LogP) is 1.81. The lowest BCUT2D eigenvalue weighted by atomic mass is 10.2. The first-order valence-corrected chi connectivity index (χ1v) is 4.94. The number of aliphatic hydroxyl groups is 1. The molecule has 1 heterocycles. The fraction of sp³-hybridized carbons (Fsp3) is 0.800. The van der Waals surface area contributed by atoms with Crippen LogP contribution in [0.3, 0.4) is 0 Å². The molecule has 1 saturated heterocycles. The molecule has 0 aromatic carbocycles. The minimum absolute atomic E-state index is 0.217. The standard InChI is InChI=1S/C10H18O3/c1-2-3-6-9(11)13-10-7-4-5-8-12-10/h3,6,9-11H,2,4-5,7-8H2,1H3/t9-,10?/m0/s1. The number of aliphatic hydroxyl groups excluding tert-OH is 1. The van der Waals surface area contributed by atoms with Gasteiger partial charge in [-0.2, -0.15) is 0 Å². The molecule has 13 heavy (non-hydrogen) atoms. The summed E-state index contributed by atoms with van der Waals surface area (Å²) >= 11 is 0. The van der Waals surface area contributed by atoms with Crippen LogP contribution in [-0.2, 0) is 9.47 Å². The average Bonchev–Trinajstić information content (AvgIpc) is 2.16. The summed E-state index contributed by atoms with van der Waals surface area (Å²) in [6, 6.07) is 0. The fourth-order valence-corrected chi connectivity index (χ4v) is 1.27. The molecular weight excluding hydrogens is 168 g/mol. The Morgan fingerprint density at radius 2 is 2.46 bits per heavy atom. The summed E-state index contributed by atoms with van der Waals surface area (Å²) < 4.78 is 10.6. The fourth-order valence-electron chi connectivity index (χ4n) is 1.27. The topological polar surface area (TPSA) is 38.7 Å². The maximum Gasteiger partial charge on any atom is 0.177 e. The molecule has 0 radical (unpaired) electrons. The van der Waals surface area contributed by atoms with E-state index in [-0.39, 0.29) is 6.29 Å². The van der Waals surface area contributed by atoms with E-state index >= 15 is 0 Å². The highest BCUT2D eigenvalue weighted by molar-refractivity contribution is 4.83. The third-order valence-electron chi connectivity index (χ3n) is 1.97. The van der Waals surface area contributed by atoms with Gasteiger partial charge in [0.05, 0.1) is 0 Å². The van der Waals surface area contributed by atoms with E-state index < -0.39 is 6.29 Å². The Bertz CT molecular complexity index is 150. The lowest BCUT2D eigenvalue weighted by Gasteiger charge is -2.24. The molecule has 0 amide bonds. The molecule has 0 bridgehead atoms. The third kappa shape index (κ3) is 4.41. The molecule has 1 aliphatic rings. The molecule has 0 spiro atoms. The minimum atomic E-state index is -0.817. The molecule has 0 saturated carbocycles. The van der Waals surface area contributed by atoms with Crippen molar-refractivity contribution in [1.82, 2.24) is 0 Å². The van der Waals surface area contributed by atoms with Gasteiger partial charge in [0, 0.05) is 6.61 Å². The van der Waals surface area contributed by atoms with Crippen molar-refractivity contribution < 1.29 is 14.6 Å². The van der Waals surface area contributed by atoms with Crippen LogP contribution in [0.4, 0.5) is 0 Å². The van der Waals surface area contributed by atoms with Crippen LogP contribution < -0.4 is 0 Å². The van der Waals surface area contributed by atoms with Crippen LogP contribution in [0.5, 0.6) is 0 Å². The molecule has 1 aliphatic heterocycles. The smallest absolute Gasteiger partial charge is 0.177 e. The highest BCUT2D eigenvalue weighted by Crippen LogP contribution is 2.14. The van der Waals surface area contributed by atoms with Crippen molar-refractivity contribution in [1.29, 1.82) is 0 Å².